The molecular weight excluding hydrogens is 292 g/mol. The lowest BCUT2D eigenvalue weighted by atomic mass is 9.92. The molecular formula is C22H24N2. The summed E-state index contributed by atoms with van der Waals surface area (Å²) >= 11 is 0. The van der Waals surface area contributed by atoms with Gasteiger partial charge < -0.3 is 9.88 Å². The molecule has 2 aromatic carbocycles. The molecule has 0 bridgehead atoms. The normalized spacial score (nSPS) is 17.1. The van der Waals surface area contributed by atoms with Gasteiger partial charge in [-0.25, -0.2) is 0 Å². The SMILES string of the molecule is C=c1c2ccccc2c(=C)n1CC1NCCc2cc(CC)ccc21. The van der Waals surface area contributed by atoms with Gasteiger partial charge in [-0.3, -0.25) is 0 Å². The van der Waals surface area contributed by atoms with Gasteiger partial charge in [0.15, 0.2) is 0 Å². The predicted octanol–water partition coefficient (Wildman–Crippen LogP) is 2.91. The first kappa shape index (κ1) is 15.2. The number of aromatic nitrogens is 1. The van der Waals surface area contributed by atoms with Crippen molar-refractivity contribution in [3.63, 3.8) is 0 Å². The maximum absolute atomic E-state index is 4.31. The minimum Gasteiger partial charge on any atom is -0.340 e. The van der Waals surface area contributed by atoms with E-state index in [2.05, 4.69) is 72.4 Å². The summed E-state index contributed by atoms with van der Waals surface area (Å²) < 4.78 is 2.27. The van der Waals surface area contributed by atoms with Crippen molar-refractivity contribution in [1.29, 1.82) is 0 Å². The Balaban J connectivity index is 1.76. The summed E-state index contributed by atoms with van der Waals surface area (Å²) in [7, 11) is 0. The van der Waals surface area contributed by atoms with Crippen LogP contribution in [0.5, 0.6) is 0 Å². The Hall–Kier alpha value is -2.32. The predicted molar refractivity (Wildman–Crippen MR) is 102 cm³/mol. The molecule has 0 amide bonds. The van der Waals surface area contributed by atoms with Gasteiger partial charge in [0.05, 0.1) is 6.04 Å². The number of hydrogen-bond donors (Lipinski definition) is 1. The molecule has 2 nitrogen and oxygen atoms in total. The summed E-state index contributed by atoms with van der Waals surface area (Å²) in [6, 6.07) is 15.7. The van der Waals surface area contributed by atoms with Gasteiger partial charge in [-0.1, -0.05) is 62.5 Å². The number of hydrogen-bond acceptors (Lipinski definition) is 1. The Kier molecular flexibility index (Phi) is 3.78. The highest BCUT2D eigenvalue weighted by Crippen LogP contribution is 2.25. The molecule has 1 aliphatic rings. The van der Waals surface area contributed by atoms with E-state index < -0.39 is 0 Å². The van der Waals surface area contributed by atoms with Crippen LogP contribution in [0.3, 0.4) is 0 Å². The highest BCUT2D eigenvalue weighted by Gasteiger charge is 2.21. The molecule has 4 rings (SSSR count). The zero-order valence-corrected chi connectivity index (χ0v) is 14.3. The largest absolute Gasteiger partial charge is 0.340 e. The summed E-state index contributed by atoms with van der Waals surface area (Å²) in [5, 5.41) is 8.23. The third kappa shape index (κ3) is 2.38. The molecule has 0 saturated heterocycles. The first-order valence-corrected chi connectivity index (χ1v) is 8.79. The monoisotopic (exact) mass is 316 g/mol. The highest BCUT2D eigenvalue weighted by atomic mass is 15.0. The number of nitrogens with zero attached hydrogens (tertiary/aromatic N) is 1. The Morgan fingerprint density at radius 2 is 1.79 bits per heavy atom. The lowest BCUT2D eigenvalue weighted by molar-refractivity contribution is 0.437. The minimum atomic E-state index is 0.322. The van der Waals surface area contributed by atoms with Crippen LogP contribution in [0.2, 0.25) is 0 Å². The molecule has 122 valence electrons. The summed E-state index contributed by atoms with van der Waals surface area (Å²) in [6.45, 7) is 12.8. The van der Waals surface area contributed by atoms with E-state index in [1.807, 2.05) is 0 Å². The van der Waals surface area contributed by atoms with Crippen molar-refractivity contribution in [3.8, 4) is 0 Å². The second-order valence-corrected chi connectivity index (χ2v) is 6.69. The highest BCUT2D eigenvalue weighted by molar-refractivity contribution is 5.83. The fourth-order valence-electron chi connectivity index (χ4n) is 3.93. The fourth-order valence-corrected chi connectivity index (χ4v) is 3.93. The molecule has 1 unspecified atom stereocenters. The molecule has 0 saturated carbocycles. The Bertz CT molecular complexity index is 950. The maximum Gasteiger partial charge on any atom is 0.0505 e. The molecule has 3 aromatic rings. The van der Waals surface area contributed by atoms with Crippen LogP contribution >= 0.6 is 0 Å². The van der Waals surface area contributed by atoms with Gasteiger partial charge in [-0.05, 0) is 36.1 Å². The number of aryl methyl sites for hydroxylation is 1. The smallest absolute Gasteiger partial charge is 0.0505 e. The van der Waals surface area contributed by atoms with Crippen LogP contribution in [0.1, 0.15) is 29.7 Å². The summed E-state index contributed by atoms with van der Waals surface area (Å²) in [5.41, 5.74) is 4.35. The summed E-state index contributed by atoms with van der Waals surface area (Å²) in [6.07, 6.45) is 2.21. The second-order valence-electron chi connectivity index (χ2n) is 6.69. The topological polar surface area (TPSA) is 17.0 Å². The van der Waals surface area contributed by atoms with Crippen molar-refractivity contribution in [1.82, 2.24) is 9.88 Å². The number of rotatable bonds is 3. The standard InChI is InChI=1S/C22H24N2/c1-4-17-9-10-21-18(13-17)11-12-23-22(21)14-24-15(2)19-7-5-6-8-20(19)16(24)3/h5-10,13,22-23H,2-4,11-12,14H2,1H3. The van der Waals surface area contributed by atoms with E-state index in [1.54, 1.807) is 0 Å². The van der Waals surface area contributed by atoms with Crippen molar-refractivity contribution in [2.24, 2.45) is 0 Å². The van der Waals surface area contributed by atoms with Crippen LogP contribution in [0.15, 0.2) is 42.5 Å². The van der Waals surface area contributed by atoms with Gasteiger partial charge in [0.1, 0.15) is 0 Å². The van der Waals surface area contributed by atoms with Gasteiger partial charge in [0.2, 0.25) is 0 Å². The van der Waals surface area contributed by atoms with E-state index in [-0.39, 0.29) is 0 Å². The molecule has 0 aliphatic carbocycles. The average molecular weight is 316 g/mol. The lowest BCUT2D eigenvalue weighted by Gasteiger charge is -2.28. The van der Waals surface area contributed by atoms with Crippen molar-refractivity contribution >= 4 is 23.9 Å². The maximum atomic E-state index is 4.31. The summed E-state index contributed by atoms with van der Waals surface area (Å²) in [5.74, 6) is 0. The third-order valence-corrected chi connectivity index (χ3v) is 5.34. The van der Waals surface area contributed by atoms with E-state index in [0.717, 1.165) is 36.6 Å². The van der Waals surface area contributed by atoms with Crippen molar-refractivity contribution in [2.45, 2.75) is 32.4 Å². The molecule has 0 fully saturated rings. The van der Waals surface area contributed by atoms with E-state index >= 15 is 0 Å². The molecule has 2 heteroatoms. The van der Waals surface area contributed by atoms with Crippen LogP contribution in [0.25, 0.3) is 23.9 Å². The number of nitrogens with one attached hydrogen (secondary N) is 1. The zero-order valence-electron chi connectivity index (χ0n) is 14.3. The van der Waals surface area contributed by atoms with E-state index in [4.69, 9.17) is 0 Å². The van der Waals surface area contributed by atoms with E-state index in [0.29, 0.717) is 6.04 Å². The van der Waals surface area contributed by atoms with E-state index in [9.17, 15) is 0 Å². The first-order chi connectivity index (χ1) is 11.7. The minimum absolute atomic E-state index is 0.322. The first-order valence-electron chi connectivity index (χ1n) is 8.79. The molecule has 0 radical (unpaired) electrons. The van der Waals surface area contributed by atoms with Crippen LogP contribution in [-0.2, 0) is 19.4 Å². The average Bonchev–Trinajstić information content (AvgIpc) is 2.87. The van der Waals surface area contributed by atoms with Gasteiger partial charge in [-0.15, -0.1) is 0 Å². The molecule has 1 aromatic heterocycles. The molecule has 2 heterocycles. The second kappa shape index (κ2) is 5.95. The van der Waals surface area contributed by atoms with Gasteiger partial charge in [-0.2, -0.15) is 0 Å². The Labute approximate surface area is 143 Å². The Morgan fingerprint density at radius 3 is 2.46 bits per heavy atom. The van der Waals surface area contributed by atoms with Crippen LogP contribution in [-0.4, -0.2) is 11.1 Å². The molecule has 1 atom stereocenters. The number of benzene rings is 2. The van der Waals surface area contributed by atoms with Gasteiger partial charge >= 0.3 is 0 Å². The van der Waals surface area contributed by atoms with Crippen molar-refractivity contribution < 1.29 is 0 Å². The lowest BCUT2D eigenvalue weighted by Crippen LogP contribution is -2.37. The number of fused-ring (bicyclic) bond motifs is 2. The van der Waals surface area contributed by atoms with Crippen LogP contribution in [0, 0.1) is 0 Å². The van der Waals surface area contributed by atoms with Crippen LogP contribution in [0.4, 0.5) is 0 Å². The molecule has 24 heavy (non-hydrogen) atoms. The van der Waals surface area contributed by atoms with Crippen molar-refractivity contribution in [3.05, 3.63) is 69.9 Å². The molecule has 1 N–H and O–H groups in total. The van der Waals surface area contributed by atoms with Gasteiger partial charge in [0, 0.05) is 28.0 Å². The van der Waals surface area contributed by atoms with E-state index in [1.165, 1.54) is 27.5 Å². The third-order valence-electron chi connectivity index (χ3n) is 5.34. The van der Waals surface area contributed by atoms with Crippen LogP contribution < -0.4 is 16.0 Å². The van der Waals surface area contributed by atoms with Gasteiger partial charge in [0.25, 0.3) is 0 Å². The molecule has 1 aliphatic heterocycles. The van der Waals surface area contributed by atoms with Crippen molar-refractivity contribution in [2.75, 3.05) is 6.54 Å². The molecule has 0 spiro atoms. The zero-order chi connectivity index (χ0) is 16.7. The summed E-state index contributed by atoms with van der Waals surface area (Å²) in [4.78, 5) is 0. The Morgan fingerprint density at radius 1 is 1.08 bits per heavy atom. The quantitative estimate of drug-likeness (QED) is 0.786. The fraction of sp³-hybridized carbons (Fsp3) is 0.273.